The van der Waals surface area contributed by atoms with E-state index in [1.165, 1.54) is 24.3 Å². The summed E-state index contributed by atoms with van der Waals surface area (Å²) in [7, 11) is 0. The highest BCUT2D eigenvalue weighted by atomic mass is 35.5. The van der Waals surface area contributed by atoms with Gasteiger partial charge >= 0.3 is 5.97 Å². The van der Waals surface area contributed by atoms with Crippen LogP contribution < -0.4 is 10.6 Å². The van der Waals surface area contributed by atoms with Gasteiger partial charge in [-0.05, 0) is 30.7 Å². The average molecular weight is 434 g/mol. The Bertz CT molecular complexity index is 1010. The number of rotatable bonds is 7. The number of thiazole rings is 1. The number of hydrogen-bond donors (Lipinski definition) is 2. The van der Waals surface area contributed by atoms with Gasteiger partial charge in [-0.15, -0.1) is 11.3 Å². The van der Waals surface area contributed by atoms with E-state index in [-0.39, 0.29) is 16.4 Å². The fraction of sp³-hybridized carbons (Fsp3) is 0.150. The first-order valence-corrected chi connectivity index (χ1v) is 9.88. The molecule has 9 heteroatoms. The number of carbonyl (C=O) groups is 2. The van der Waals surface area contributed by atoms with Crippen LogP contribution in [0, 0.1) is 5.82 Å². The molecule has 150 valence electrons. The van der Waals surface area contributed by atoms with Gasteiger partial charge in [0.05, 0.1) is 10.7 Å². The Hall–Kier alpha value is -2.97. The molecule has 0 bridgehead atoms. The molecule has 1 aromatic heterocycles. The van der Waals surface area contributed by atoms with E-state index in [9.17, 15) is 14.0 Å². The number of benzene rings is 2. The van der Waals surface area contributed by atoms with E-state index in [1.54, 1.807) is 5.38 Å². The van der Waals surface area contributed by atoms with Gasteiger partial charge in [0.25, 0.3) is 5.91 Å². The molecule has 2 aromatic carbocycles. The minimum absolute atomic E-state index is 0.0468. The van der Waals surface area contributed by atoms with Crippen LogP contribution in [0.2, 0.25) is 5.02 Å². The van der Waals surface area contributed by atoms with E-state index < -0.39 is 23.8 Å². The van der Waals surface area contributed by atoms with Gasteiger partial charge in [-0.1, -0.05) is 41.9 Å². The van der Waals surface area contributed by atoms with Crippen LogP contribution in [0.5, 0.6) is 0 Å². The van der Waals surface area contributed by atoms with Gasteiger partial charge in [-0.25, -0.2) is 14.2 Å². The Morgan fingerprint density at radius 3 is 2.72 bits per heavy atom. The molecule has 6 nitrogen and oxygen atoms in total. The molecule has 0 aliphatic rings. The van der Waals surface area contributed by atoms with E-state index in [4.69, 9.17) is 16.3 Å². The largest absolute Gasteiger partial charge is 0.448 e. The fourth-order valence-electron chi connectivity index (χ4n) is 2.32. The standard InChI is InChI=1S/C20H17ClFN3O3S/c1-12(18(26)24-16-8-7-14(22)9-15(16)21)28-19(27)17-11-29-20(25-17)23-10-13-5-3-2-4-6-13/h2-9,11-12H,10H2,1H3,(H,23,25)(H,24,26). The number of amides is 1. The van der Waals surface area contributed by atoms with Gasteiger partial charge in [0, 0.05) is 11.9 Å². The first kappa shape index (κ1) is 20.8. The number of hydrogen-bond acceptors (Lipinski definition) is 6. The zero-order chi connectivity index (χ0) is 20.8. The summed E-state index contributed by atoms with van der Waals surface area (Å²) in [6.45, 7) is 1.99. The number of esters is 1. The zero-order valence-corrected chi connectivity index (χ0v) is 16.9. The van der Waals surface area contributed by atoms with Crippen LogP contribution in [-0.4, -0.2) is 23.0 Å². The summed E-state index contributed by atoms with van der Waals surface area (Å²) < 4.78 is 18.2. The molecule has 3 aromatic rings. The Morgan fingerprint density at radius 2 is 2.00 bits per heavy atom. The molecule has 3 rings (SSSR count). The molecule has 0 saturated heterocycles. The molecule has 0 spiro atoms. The summed E-state index contributed by atoms with van der Waals surface area (Å²) >= 11 is 7.14. The Kier molecular flexibility index (Phi) is 6.79. The third-order valence-corrected chi connectivity index (χ3v) is 4.95. The second-order valence-electron chi connectivity index (χ2n) is 6.04. The summed E-state index contributed by atoms with van der Waals surface area (Å²) in [6.07, 6.45) is -1.09. The lowest BCUT2D eigenvalue weighted by molar-refractivity contribution is -0.123. The molecule has 0 fully saturated rings. The van der Waals surface area contributed by atoms with Crippen molar-refractivity contribution in [3.63, 3.8) is 0 Å². The molecule has 1 heterocycles. The van der Waals surface area contributed by atoms with Crippen molar-refractivity contribution in [3.05, 3.63) is 76.0 Å². The first-order valence-electron chi connectivity index (χ1n) is 8.62. The molecule has 1 amide bonds. The predicted molar refractivity (Wildman–Crippen MR) is 111 cm³/mol. The highest BCUT2D eigenvalue weighted by Crippen LogP contribution is 2.23. The number of halogens is 2. The summed E-state index contributed by atoms with van der Waals surface area (Å²) in [4.78, 5) is 28.6. The zero-order valence-electron chi connectivity index (χ0n) is 15.3. The van der Waals surface area contributed by atoms with Crippen molar-refractivity contribution in [1.82, 2.24) is 4.98 Å². The van der Waals surface area contributed by atoms with Gasteiger partial charge in [-0.3, -0.25) is 4.79 Å². The third kappa shape index (κ3) is 5.75. The number of carbonyl (C=O) groups excluding carboxylic acids is 2. The number of nitrogens with one attached hydrogen (secondary N) is 2. The van der Waals surface area contributed by atoms with Crippen LogP contribution in [0.25, 0.3) is 0 Å². The molecule has 29 heavy (non-hydrogen) atoms. The maximum absolute atomic E-state index is 13.1. The molecular weight excluding hydrogens is 417 g/mol. The van der Waals surface area contributed by atoms with Crippen LogP contribution in [0.15, 0.2) is 53.9 Å². The average Bonchev–Trinajstić information content (AvgIpc) is 3.18. The van der Waals surface area contributed by atoms with Crippen molar-refractivity contribution in [2.45, 2.75) is 19.6 Å². The summed E-state index contributed by atoms with van der Waals surface area (Å²) in [5, 5.41) is 7.79. The van der Waals surface area contributed by atoms with Gasteiger partial charge < -0.3 is 15.4 Å². The lowest BCUT2D eigenvalue weighted by Gasteiger charge is -2.13. The summed E-state index contributed by atoms with van der Waals surface area (Å²) in [6, 6.07) is 13.3. The van der Waals surface area contributed by atoms with Crippen molar-refractivity contribution in [1.29, 1.82) is 0 Å². The monoisotopic (exact) mass is 433 g/mol. The smallest absolute Gasteiger partial charge is 0.358 e. The quantitative estimate of drug-likeness (QED) is 0.526. The fourth-order valence-corrected chi connectivity index (χ4v) is 3.22. The van der Waals surface area contributed by atoms with Gasteiger partial charge in [0.15, 0.2) is 16.9 Å². The summed E-state index contributed by atoms with van der Waals surface area (Å²) in [5.74, 6) is -1.83. The van der Waals surface area contributed by atoms with Crippen LogP contribution >= 0.6 is 22.9 Å². The second-order valence-corrected chi connectivity index (χ2v) is 7.30. The highest BCUT2D eigenvalue weighted by molar-refractivity contribution is 7.13. The minimum atomic E-state index is -1.09. The Morgan fingerprint density at radius 1 is 1.24 bits per heavy atom. The second kappa shape index (κ2) is 9.49. The number of nitrogens with zero attached hydrogens (tertiary/aromatic N) is 1. The Balaban J connectivity index is 1.54. The number of aromatic nitrogens is 1. The molecule has 1 atom stereocenters. The molecule has 0 radical (unpaired) electrons. The predicted octanol–water partition coefficient (Wildman–Crippen LogP) is 4.73. The van der Waals surface area contributed by atoms with E-state index in [0.29, 0.717) is 11.7 Å². The molecule has 0 aliphatic heterocycles. The van der Waals surface area contributed by atoms with E-state index in [1.807, 2.05) is 30.3 Å². The Labute approximate surface area is 175 Å². The van der Waals surface area contributed by atoms with Crippen LogP contribution in [0.4, 0.5) is 15.2 Å². The van der Waals surface area contributed by atoms with E-state index >= 15 is 0 Å². The maximum Gasteiger partial charge on any atom is 0.358 e. The van der Waals surface area contributed by atoms with Crippen molar-refractivity contribution < 1.29 is 18.7 Å². The maximum atomic E-state index is 13.1. The van der Waals surface area contributed by atoms with E-state index in [2.05, 4.69) is 15.6 Å². The van der Waals surface area contributed by atoms with Gasteiger partial charge in [0.1, 0.15) is 5.82 Å². The first-order chi connectivity index (χ1) is 13.9. The van der Waals surface area contributed by atoms with Crippen LogP contribution in [0.3, 0.4) is 0 Å². The third-order valence-electron chi connectivity index (χ3n) is 3.84. The van der Waals surface area contributed by atoms with Gasteiger partial charge in [-0.2, -0.15) is 0 Å². The lowest BCUT2D eigenvalue weighted by atomic mass is 10.2. The van der Waals surface area contributed by atoms with Crippen molar-refractivity contribution >= 4 is 45.6 Å². The molecule has 2 N–H and O–H groups in total. The number of anilines is 2. The van der Waals surface area contributed by atoms with Crippen molar-refractivity contribution in [2.24, 2.45) is 0 Å². The lowest BCUT2D eigenvalue weighted by Crippen LogP contribution is -2.30. The summed E-state index contributed by atoms with van der Waals surface area (Å²) in [5.41, 5.74) is 1.41. The van der Waals surface area contributed by atoms with Crippen molar-refractivity contribution in [3.8, 4) is 0 Å². The molecule has 0 saturated carbocycles. The number of ether oxygens (including phenoxy) is 1. The minimum Gasteiger partial charge on any atom is -0.448 e. The normalized spacial score (nSPS) is 11.6. The van der Waals surface area contributed by atoms with Gasteiger partial charge in [0.2, 0.25) is 0 Å². The van der Waals surface area contributed by atoms with Crippen LogP contribution in [0.1, 0.15) is 23.0 Å². The highest BCUT2D eigenvalue weighted by Gasteiger charge is 2.21. The molecule has 1 unspecified atom stereocenters. The SMILES string of the molecule is CC(OC(=O)c1csc(NCc2ccccc2)n1)C(=O)Nc1ccc(F)cc1Cl. The topological polar surface area (TPSA) is 80.3 Å². The van der Waals surface area contributed by atoms with Crippen molar-refractivity contribution in [2.75, 3.05) is 10.6 Å². The molecule has 0 aliphatic carbocycles. The molecular formula is C20H17ClFN3O3S. The van der Waals surface area contributed by atoms with E-state index in [0.717, 1.165) is 17.7 Å². The van der Waals surface area contributed by atoms with Crippen LogP contribution in [-0.2, 0) is 16.1 Å².